The Bertz CT molecular complexity index is 705. The number of imide groups is 1. The fourth-order valence-corrected chi connectivity index (χ4v) is 3.62. The first-order valence-electron chi connectivity index (χ1n) is 8.10. The van der Waals surface area contributed by atoms with Crippen molar-refractivity contribution in [1.82, 2.24) is 15.2 Å². The van der Waals surface area contributed by atoms with E-state index in [1.165, 1.54) is 4.90 Å². The van der Waals surface area contributed by atoms with Gasteiger partial charge in [0.05, 0.1) is 5.56 Å². The van der Waals surface area contributed by atoms with Crippen LogP contribution in [0.2, 0.25) is 0 Å². The molecule has 0 radical (unpaired) electrons. The first-order chi connectivity index (χ1) is 11.7. The molecule has 3 amide bonds. The molecule has 2 aliphatic heterocycles. The molecular formula is C16H20ClF3N4O2. The topological polar surface area (TPSA) is 65.5 Å². The Balaban J connectivity index is 0.00000243. The molecule has 1 spiro atoms. The molecule has 1 aromatic rings. The Morgan fingerprint density at radius 1 is 1.23 bits per heavy atom. The largest absolute Gasteiger partial charge is 0.416 e. The standard InChI is InChI=1S/C16H19F3N4O2.ClH/c1-10(2)23-14(25)22(13(24)15(23)4-7-20-8-5-15)12-9-11(3-6-21-12)16(17,18)19;/h3,6,9-10,20H,4-5,7-8H2,1-2H3;1H. The summed E-state index contributed by atoms with van der Waals surface area (Å²) < 4.78 is 38.9. The maximum absolute atomic E-state index is 13.1. The van der Waals surface area contributed by atoms with Crippen LogP contribution in [0.1, 0.15) is 32.3 Å². The van der Waals surface area contributed by atoms with Crippen molar-refractivity contribution in [3.63, 3.8) is 0 Å². The van der Waals surface area contributed by atoms with Gasteiger partial charge in [-0.05, 0) is 51.9 Å². The number of nitrogens with one attached hydrogen (secondary N) is 1. The van der Waals surface area contributed by atoms with Crippen LogP contribution >= 0.6 is 12.4 Å². The van der Waals surface area contributed by atoms with Crippen LogP contribution in [0.3, 0.4) is 0 Å². The second kappa shape index (κ2) is 7.03. The Labute approximate surface area is 155 Å². The summed E-state index contributed by atoms with van der Waals surface area (Å²) in [6.07, 6.45) is -2.77. The molecule has 2 aliphatic rings. The summed E-state index contributed by atoms with van der Waals surface area (Å²) in [4.78, 5) is 32.1. The molecule has 0 bridgehead atoms. The molecule has 0 aromatic carbocycles. The Morgan fingerprint density at radius 3 is 2.38 bits per heavy atom. The number of carbonyl (C=O) groups is 2. The number of hydrogen-bond donors (Lipinski definition) is 1. The van der Waals surface area contributed by atoms with E-state index >= 15 is 0 Å². The number of nitrogens with zero attached hydrogens (tertiary/aromatic N) is 3. The number of urea groups is 1. The van der Waals surface area contributed by atoms with Crippen LogP contribution in [0.5, 0.6) is 0 Å². The molecule has 1 aromatic heterocycles. The molecule has 0 atom stereocenters. The molecule has 10 heteroatoms. The quantitative estimate of drug-likeness (QED) is 0.786. The molecule has 0 aliphatic carbocycles. The smallest absolute Gasteiger partial charge is 0.317 e. The third kappa shape index (κ3) is 3.14. The normalized spacial score (nSPS) is 20.1. The van der Waals surface area contributed by atoms with Crippen molar-refractivity contribution in [2.75, 3.05) is 18.0 Å². The Hall–Kier alpha value is -1.87. The van der Waals surface area contributed by atoms with Crippen molar-refractivity contribution in [1.29, 1.82) is 0 Å². The second-order valence-electron chi connectivity index (χ2n) is 6.57. The van der Waals surface area contributed by atoms with Crippen LogP contribution in [0, 0.1) is 0 Å². The van der Waals surface area contributed by atoms with Crippen LogP contribution in [-0.4, -0.2) is 46.5 Å². The average molecular weight is 393 g/mol. The van der Waals surface area contributed by atoms with Crippen LogP contribution < -0.4 is 10.2 Å². The average Bonchev–Trinajstić information content (AvgIpc) is 2.75. The minimum Gasteiger partial charge on any atom is -0.317 e. The number of hydrogen-bond acceptors (Lipinski definition) is 4. The minimum absolute atomic E-state index is 0. The third-order valence-electron chi connectivity index (χ3n) is 4.71. The number of anilines is 1. The molecule has 6 nitrogen and oxygen atoms in total. The number of piperidine rings is 1. The molecule has 3 rings (SSSR count). The molecule has 0 saturated carbocycles. The van der Waals surface area contributed by atoms with E-state index in [4.69, 9.17) is 0 Å². The zero-order chi connectivity index (χ0) is 18.4. The van der Waals surface area contributed by atoms with Gasteiger partial charge in [0.25, 0.3) is 5.91 Å². The van der Waals surface area contributed by atoms with E-state index < -0.39 is 29.2 Å². The summed E-state index contributed by atoms with van der Waals surface area (Å²) in [5.74, 6) is -0.787. The van der Waals surface area contributed by atoms with Crippen LogP contribution in [0.4, 0.5) is 23.8 Å². The predicted molar refractivity (Wildman–Crippen MR) is 91.2 cm³/mol. The van der Waals surface area contributed by atoms with Crippen molar-refractivity contribution in [3.8, 4) is 0 Å². The van der Waals surface area contributed by atoms with E-state index in [1.54, 1.807) is 13.8 Å². The van der Waals surface area contributed by atoms with Gasteiger partial charge in [-0.1, -0.05) is 0 Å². The first kappa shape index (κ1) is 20.4. The molecule has 2 saturated heterocycles. The van der Waals surface area contributed by atoms with Crippen LogP contribution in [-0.2, 0) is 11.0 Å². The summed E-state index contributed by atoms with van der Waals surface area (Å²) in [6, 6.07) is 0.683. The molecule has 2 fully saturated rings. The third-order valence-corrected chi connectivity index (χ3v) is 4.71. The van der Waals surface area contributed by atoms with E-state index in [0.29, 0.717) is 25.9 Å². The van der Waals surface area contributed by atoms with E-state index in [-0.39, 0.29) is 24.3 Å². The van der Waals surface area contributed by atoms with E-state index in [9.17, 15) is 22.8 Å². The lowest BCUT2D eigenvalue weighted by molar-refractivity contribution is -0.137. The SMILES string of the molecule is CC(C)N1C(=O)N(c2cc(C(F)(F)F)ccn2)C(=O)C12CCNCC2.Cl. The summed E-state index contributed by atoms with van der Waals surface area (Å²) in [5, 5.41) is 3.14. The van der Waals surface area contributed by atoms with Crippen molar-refractivity contribution >= 4 is 30.2 Å². The van der Waals surface area contributed by atoms with Gasteiger partial charge in [0.1, 0.15) is 11.4 Å². The van der Waals surface area contributed by atoms with Crippen LogP contribution in [0.25, 0.3) is 0 Å². The van der Waals surface area contributed by atoms with Crippen molar-refractivity contribution in [2.24, 2.45) is 0 Å². The highest BCUT2D eigenvalue weighted by molar-refractivity contribution is 6.23. The lowest BCUT2D eigenvalue weighted by atomic mass is 9.86. The fraction of sp³-hybridized carbons (Fsp3) is 0.562. The number of halogens is 4. The van der Waals surface area contributed by atoms with Gasteiger partial charge in [-0.3, -0.25) is 4.79 Å². The lowest BCUT2D eigenvalue weighted by Gasteiger charge is -2.40. The summed E-state index contributed by atoms with van der Waals surface area (Å²) in [5.41, 5.74) is -1.97. The highest BCUT2D eigenvalue weighted by atomic mass is 35.5. The van der Waals surface area contributed by atoms with E-state index in [2.05, 4.69) is 10.3 Å². The zero-order valence-electron chi connectivity index (χ0n) is 14.3. The van der Waals surface area contributed by atoms with Crippen molar-refractivity contribution in [2.45, 2.75) is 44.4 Å². The monoisotopic (exact) mass is 392 g/mol. The number of pyridine rings is 1. The summed E-state index contributed by atoms with van der Waals surface area (Å²) in [6.45, 7) is 4.70. The van der Waals surface area contributed by atoms with Gasteiger partial charge in [0, 0.05) is 12.2 Å². The van der Waals surface area contributed by atoms with Gasteiger partial charge >= 0.3 is 12.2 Å². The summed E-state index contributed by atoms with van der Waals surface area (Å²) >= 11 is 0. The minimum atomic E-state index is -4.58. The van der Waals surface area contributed by atoms with Crippen molar-refractivity contribution in [3.05, 3.63) is 23.9 Å². The summed E-state index contributed by atoms with van der Waals surface area (Å²) in [7, 11) is 0. The van der Waals surface area contributed by atoms with Gasteiger partial charge < -0.3 is 10.2 Å². The fourth-order valence-electron chi connectivity index (χ4n) is 3.62. The highest BCUT2D eigenvalue weighted by Gasteiger charge is 2.59. The number of carbonyl (C=O) groups excluding carboxylic acids is 2. The molecule has 26 heavy (non-hydrogen) atoms. The first-order valence-corrected chi connectivity index (χ1v) is 8.10. The lowest BCUT2D eigenvalue weighted by Crippen LogP contribution is -2.57. The maximum atomic E-state index is 13.1. The van der Waals surface area contributed by atoms with Gasteiger partial charge in [-0.15, -0.1) is 12.4 Å². The molecule has 144 valence electrons. The van der Waals surface area contributed by atoms with Crippen LogP contribution in [0.15, 0.2) is 18.3 Å². The van der Waals surface area contributed by atoms with Gasteiger partial charge in [0.2, 0.25) is 0 Å². The van der Waals surface area contributed by atoms with E-state index in [1.807, 2.05) is 0 Å². The number of aromatic nitrogens is 1. The predicted octanol–water partition coefficient (Wildman–Crippen LogP) is 2.82. The number of rotatable bonds is 2. The number of amides is 3. The number of alkyl halides is 3. The van der Waals surface area contributed by atoms with E-state index in [0.717, 1.165) is 23.2 Å². The maximum Gasteiger partial charge on any atom is 0.416 e. The molecule has 3 heterocycles. The van der Waals surface area contributed by atoms with Gasteiger partial charge in [-0.2, -0.15) is 13.2 Å². The zero-order valence-corrected chi connectivity index (χ0v) is 15.2. The molecular weight excluding hydrogens is 373 g/mol. The van der Waals surface area contributed by atoms with Gasteiger partial charge in [0.15, 0.2) is 0 Å². The second-order valence-corrected chi connectivity index (χ2v) is 6.57. The Kier molecular flexibility index (Phi) is 5.53. The Morgan fingerprint density at radius 2 is 1.85 bits per heavy atom. The van der Waals surface area contributed by atoms with Crippen molar-refractivity contribution < 1.29 is 22.8 Å². The molecule has 0 unspecified atom stereocenters. The van der Waals surface area contributed by atoms with Gasteiger partial charge in [-0.25, -0.2) is 14.7 Å². The molecule has 1 N–H and O–H groups in total. The highest BCUT2D eigenvalue weighted by Crippen LogP contribution is 2.40.